The summed E-state index contributed by atoms with van der Waals surface area (Å²) in [4.78, 5) is 6.43. The molecule has 1 aliphatic rings. The lowest BCUT2D eigenvalue weighted by molar-refractivity contribution is 0.193. The number of nitrogens with zero attached hydrogens (tertiary/aromatic N) is 2. The van der Waals surface area contributed by atoms with Gasteiger partial charge in [-0.3, -0.25) is 0 Å². The number of halogens is 1. The Morgan fingerprint density at radius 2 is 2.50 bits per heavy atom. The maximum Gasteiger partial charge on any atom is 0.147 e. The van der Waals surface area contributed by atoms with E-state index in [1.807, 2.05) is 13.1 Å². The van der Waals surface area contributed by atoms with Gasteiger partial charge in [-0.25, -0.2) is 4.98 Å². The van der Waals surface area contributed by atoms with Crippen LogP contribution >= 0.6 is 11.6 Å². The lowest BCUT2D eigenvalue weighted by Gasteiger charge is -2.25. The Kier molecular flexibility index (Phi) is 3.63. The van der Waals surface area contributed by atoms with Crippen LogP contribution in [-0.2, 0) is 11.3 Å². The predicted octanol–water partition coefficient (Wildman–Crippen LogP) is 1.42. The largest absolute Gasteiger partial charge is 0.379 e. The lowest BCUT2D eigenvalue weighted by Crippen LogP contribution is -2.32. The Morgan fingerprint density at radius 3 is 3.06 bits per heavy atom. The van der Waals surface area contributed by atoms with E-state index in [0.717, 1.165) is 31.0 Å². The molecule has 1 aliphatic heterocycles. The summed E-state index contributed by atoms with van der Waals surface area (Å²) in [6, 6.07) is 2.24. The number of anilines is 1. The molecular weight excluding hydrogens is 226 g/mol. The quantitative estimate of drug-likeness (QED) is 0.870. The zero-order chi connectivity index (χ0) is 11.5. The van der Waals surface area contributed by atoms with Gasteiger partial charge in [-0.2, -0.15) is 0 Å². The van der Waals surface area contributed by atoms with Crippen LogP contribution in [0.5, 0.6) is 0 Å². The number of aromatic nitrogens is 1. The van der Waals surface area contributed by atoms with Gasteiger partial charge in [0.2, 0.25) is 0 Å². The molecule has 1 saturated heterocycles. The maximum absolute atomic E-state index is 6.18. The van der Waals surface area contributed by atoms with Crippen molar-refractivity contribution in [1.29, 1.82) is 0 Å². The van der Waals surface area contributed by atoms with Crippen LogP contribution in [0.2, 0.25) is 5.02 Å². The number of rotatable bonds is 3. The fourth-order valence-electron chi connectivity index (χ4n) is 1.84. The van der Waals surface area contributed by atoms with Crippen LogP contribution in [0, 0.1) is 0 Å². The molecule has 1 aromatic rings. The van der Waals surface area contributed by atoms with Crippen molar-refractivity contribution in [2.75, 3.05) is 25.2 Å². The second kappa shape index (κ2) is 4.99. The molecule has 5 heteroatoms. The predicted molar refractivity (Wildman–Crippen MR) is 64.8 cm³/mol. The van der Waals surface area contributed by atoms with Crippen molar-refractivity contribution in [3.05, 3.63) is 22.8 Å². The molecule has 2 heterocycles. The molecule has 0 aliphatic carbocycles. The molecule has 4 nitrogen and oxygen atoms in total. The number of likely N-dealkylation sites (N-methyl/N-ethyl adjacent to an activating group) is 1. The van der Waals surface area contributed by atoms with Crippen molar-refractivity contribution in [3.63, 3.8) is 0 Å². The van der Waals surface area contributed by atoms with Gasteiger partial charge in [0.25, 0.3) is 0 Å². The van der Waals surface area contributed by atoms with E-state index in [9.17, 15) is 0 Å². The summed E-state index contributed by atoms with van der Waals surface area (Å²) in [5.41, 5.74) is 6.48. The number of pyridine rings is 1. The molecule has 0 amide bonds. The number of hydrogen-bond donors (Lipinski definition) is 1. The highest BCUT2D eigenvalue weighted by molar-refractivity contribution is 6.33. The molecular formula is C11H16ClN3O. The van der Waals surface area contributed by atoms with Gasteiger partial charge in [0, 0.05) is 26.4 Å². The Balaban J connectivity index is 2.19. The van der Waals surface area contributed by atoms with E-state index in [1.165, 1.54) is 0 Å². The highest BCUT2D eigenvalue weighted by atomic mass is 35.5. The number of nitrogens with two attached hydrogens (primary N) is 1. The minimum atomic E-state index is 0.369. The molecule has 16 heavy (non-hydrogen) atoms. The summed E-state index contributed by atoms with van der Waals surface area (Å²) in [5, 5.41) is 0.650. The highest BCUT2D eigenvalue weighted by Crippen LogP contribution is 2.26. The third kappa shape index (κ3) is 2.29. The van der Waals surface area contributed by atoms with Crippen molar-refractivity contribution in [1.82, 2.24) is 4.98 Å². The summed E-state index contributed by atoms with van der Waals surface area (Å²) in [7, 11) is 2.00. The van der Waals surface area contributed by atoms with E-state index >= 15 is 0 Å². The standard InChI is InChI=1S/C11H16ClN3O/c1-15(9-2-3-16-7-9)11-10(12)4-8(5-13)6-14-11/h4,6,9H,2-3,5,7,13H2,1H3. The Labute approximate surface area is 100 Å². The van der Waals surface area contributed by atoms with Crippen LogP contribution < -0.4 is 10.6 Å². The molecule has 0 saturated carbocycles. The molecule has 2 rings (SSSR count). The second-order valence-electron chi connectivity index (χ2n) is 3.98. The van der Waals surface area contributed by atoms with Crippen LogP contribution in [0.1, 0.15) is 12.0 Å². The molecule has 1 aromatic heterocycles. The number of ether oxygens (including phenoxy) is 1. The van der Waals surface area contributed by atoms with Crippen LogP contribution in [0.4, 0.5) is 5.82 Å². The summed E-state index contributed by atoms with van der Waals surface area (Å²) >= 11 is 6.18. The summed E-state index contributed by atoms with van der Waals surface area (Å²) in [6.07, 6.45) is 2.79. The average molecular weight is 242 g/mol. The zero-order valence-corrected chi connectivity index (χ0v) is 10.1. The Bertz CT molecular complexity index is 366. The topological polar surface area (TPSA) is 51.4 Å². The molecule has 1 atom stereocenters. The molecule has 0 spiro atoms. The van der Waals surface area contributed by atoms with Gasteiger partial charge in [-0.15, -0.1) is 0 Å². The van der Waals surface area contributed by atoms with Crippen molar-refractivity contribution in [2.24, 2.45) is 5.73 Å². The molecule has 1 fully saturated rings. The molecule has 0 aromatic carbocycles. The van der Waals surface area contributed by atoms with Crippen molar-refractivity contribution in [2.45, 2.75) is 19.0 Å². The van der Waals surface area contributed by atoms with E-state index in [-0.39, 0.29) is 0 Å². The van der Waals surface area contributed by atoms with Gasteiger partial charge in [0.1, 0.15) is 5.82 Å². The van der Waals surface area contributed by atoms with Gasteiger partial charge in [0.05, 0.1) is 17.7 Å². The molecule has 0 radical (unpaired) electrons. The summed E-state index contributed by atoms with van der Waals surface area (Å²) < 4.78 is 5.35. The van der Waals surface area contributed by atoms with Gasteiger partial charge in [-0.1, -0.05) is 11.6 Å². The fraction of sp³-hybridized carbons (Fsp3) is 0.545. The second-order valence-corrected chi connectivity index (χ2v) is 4.39. The van der Waals surface area contributed by atoms with Gasteiger partial charge in [-0.05, 0) is 18.1 Å². The molecule has 2 N–H and O–H groups in total. The Hall–Kier alpha value is -0.840. The first-order valence-corrected chi connectivity index (χ1v) is 5.75. The van der Waals surface area contributed by atoms with Crippen molar-refractivity contribution >= 4 is 17.4 Å². The average Bonchev–Trinajstić information content (AvgIpc) is 2.81. The third-order valence-electron chi connectivity index (χ3n) is 2.90. The first kappa shape index (κ1) is 11.6. The highest BCUT2D eigenvalue weighted by Gasteiger charge is 2.22. The summed E-state index contributed by atoms with van der Waals surface area (Å²) in [6.45, 7) is 2.02. The minimum absolute atomic E-state index is 0.369. The smallest absolute Gasteiger partial charge is 0.147 e. The van der Waals surface area contributed by atoms with Gasteiger partial charge < -0.3 is 15.4 Å². The van der Waals surface area contributed by atoms with E-state index in [1.54, 1.807) is 6.20 Å². The number of hydrogen-bond acceptors (Lipinski definition) is 4. The van der Waals surface area contributed by atoms with E-state index in [4.69, 9.17) is 22.1 Å². The first-order chi connectivity index (χ1) is 7.72. The van der Waals surface area contributed by atoms with E-state index < -0.39 is 0 Å². The molecule has 1 unspecified atom stereocenters. The van der Waals surface area contributed by atoms with Crippen molar-refractivity contribution < 1.29 is 4.74 Å². The van der Waals surface area contributed by atoms with E-state index in [0.29, 0.717) is 17.6 Å². The van der Waals surface area contributed by atoms with Crippen LogP contribution in [0.15, 0.2) is 12.3 Å². The monoisotopic (exact) mass is 241 g/mol. The van der Waals surface area contributed by atoms with Crippen LogP contribution in [0.3, 0.4) is 0 Å². The van der Waals surface area contributed by atoms with Crippen LogP contribution in [0.25, 0.3) is 0 Å². The summed E-state index contributed by atoms with van der Waals surface area (Å²) in [5.74, 6) is 0.800. The van der Waals surface area contributed by atoms with Gasteiger partial charge >= 0.3 is 0 Å². The zero-order valence-electron chi connectivity index (χ0n) is 9.32. The molecule has 88 valence electrons. The van der Waals surface area contributed by atoms with Gasteiger partial charge in [0.15, 0.2) is 0 Å². The lowest BCUT2D eigenvalue weighted by atomic mass is 10.2. The fourth-order valence-corrected chi connectivity index (χ4v) is 2.16. The third-order valence-corrected chi connectivity index (χ3v) is 3.18. The molecule has 0 bridgehead atoms. The maximum atomic E-state index is 6.18. The Morgan fingerprint density at radius 1 is 1.69 bits per heavy atom. The SMILES string of the molecule is CN(c1ncc(CN)cc1Cl)C1CCOC1. The normalized spacial score (nSPS) is 20.1. The van der Waals surface area contributed by atoms with E-state index in [2.05, 4.69) is 9.88 Å². The van der Waals surface area contributed by atoms with Crippen LogP contribution in [-0.4, -0.2) is 31.3 Å². The van der Waals surface area contributed by atoms with Crippen molar-refractivity contribution in [3.8, 4) is 0 Å². The first-order valence-electron chi connectivity index (χ1n) is 5.37. The minimum Gasteiger partial charge on any atom is -0.379 e.